The Bertz CT molecular complexity index is 971. The van der Waals surface area contributed by atoms with Crippen LogP contribution < -0.4 is 0 Å². The van der Waals surface area contributed by atoms with Gasteiger partial charge in [0.05, 0.1) is 11.4 Å². The standard InChI is InChI=1S/C21H16N2O3/c24-16-7-1-13(2-8-16)19-20(14-3-9-17(25)10-4-14)23-21(22-19)15-5-11-18(26)12-6-15/h1-12,24-26H,(H,22,23). The number of nitrogens with zero attached hydrogens (tertiary/aromatic N) is 1. The van der Waals surface area contributed by atoms with Gasteiger partial charge in [-0.15, -0.1) is 0 Å². The maximum absolute atomic E-state index is 9.55. The summed E-state index contributed by atoms with van der Waals surface area (Å²) >= 11 is 0. The van der Waals surface area contributed by atoms with Gasteiger partial charge in [0.15, 0.2) is 0 Å². The summed E-state index contributed by atoms with van der Waals surface area (Å²) in [4.78, 5) is 8.06. The summed E-state index contributed by atoms with van der Waals surface area (Å²) in [6.45, 7) is 0. The Morgan fingerprint density at radius 2 is 0.962 bits per heavy atom. The first kappa shape index (κ1) is 15.8. The Morgan fingerprint density at radius 1 is 0.538 bits per heavy atom. The summed E-state index contributed by atoms with van der Waals surface area (Å²) in [7, 11) is 0. The van der Waals surface area contributed by atoms with Crippen molar-refractivity contribution in [2.24, 2.45) is 0 Å². The molecule has 1 aromatic heterocycles. The zero-order valence-electron chi connectivity index (χ0n) is 13.7. The maximum atomic E-state index is 9.55. The van der Waals surface area contributed by atoms with Crippen molar-refractivity contribution in [3.8, 4) is 51.2 Å². The van der Waals surface area contributed by atoms with Crippen molar-refractivity contribution in [1.82, 2.24) is 9.97 Å². The fraction of sp³-hybridized carbons (Fsp3) is 0. The van der Waals surface area contributed by atoms with E-state index in [0.717, 1.165) is 28.1 Å². The SMILES string of the molecule is Oc1ccc(-c2nc(-c3ccc(O)cc3)c(-c3ccc(O)cc3)[nH]2)cc1. The van der Waals surface area contributed by atoms with E-state index in [1.807, 2.05) is 12.1 Å². The minimum Gasteiger partial charge on any atom is -0.508 e. The molecule has 4 aromatic rings. The smallest absolute Gasteiger partial charge is 0.138 e. The molecule has 0 unspecified atom stereocenters. The van der Waals surface area contributed by atoms with Crippen LogP contribution in [-0.2, 0) is 0 Å². The normalized spacial score (nSPS) is 10.8. The highest BCUT2D eigenvalue weighted by Gasteiger charge is 2.15. The van der Waals surface area contributed by atoms with Gasteiger partial charge in [-0.2, -0.15) is 0 Å². The van der Waals surface area contributed by atoms with Crippen LogP contribution in [0, 0.1) is 0 Å². The Hall–Kier alpha value is -3.73. The minimum atomic E-state index is 0.189. The number of phenolic OH excluding ortho intramolecular Hbond substituents is 3. The number of hydrogen-bond donors (Lipinski definition) is 4. The summed E-state index contributed by atoms with van der Waals surface area (Å²) in [6, 6.07) is 20.5. The molecule has 3 aromatic carbocycles. The van der Waals surface area contributed by atoms with Crippen molar-refractivity contribution in [1.29, 1.82) is 0 Å². The topological polar surface area (TPSA) is 89.4 Å². The third-order valence-electron chi connectivity index (χ3n) is 4.14. The van der Waals surface area contributed by atoms with Gasteiger partial charge in [0.25, 0.3) is 0 Å². The van der Waals surface area contributed by atoms with Gasteiger partial charge in [-0.05, 0) is 72.8 Å². The van der Waals surface area contributed by atoms with Crippen LogP contribution in [0.4, 0.5) is 0 Å². The van der Waals surface area contributed by atoms with Gasteiger partial charge >= 0.3 is 0 Å². The number of aromatic hydroxyl groups is 3. The van der Waals surface area contributed by atoms with Gasteiger partial charge in [0, 0.05) is 16.7 Å². The molecule has 0 atom stereocenters. The van der Waals surface area contributed by atoms with Gasteiger partial charge < -0.3 is 20.3 Å². The van der Waals surface area contributed by atoms with Crippen LogP contribution in [0.1, 0.15) is 0 Å². The van der Waals surface area contributed by atoms with Crippen molar-refractivity contribution >= 4 is 0 Å². The third kappa shape index (κ3) is 2.98. The lowest BCUT2D eigenvalue weighted by atomic mass is 10.0. The van der Waals surface area contributed by atoms with E-state index < -0.39 is 0 Å². The highest BCUT2D eigenvalue weighted by Crippen LogP contribution is 2.34. The van der Waals surface area contributed by atoms with Crippen molar-refractivity contribution in [3.63, 3.8) is 0 Å². The summed E-state index contributed by atoms with van der Waals surface area (Å²) in [5.41, 5.74) is 4.11. The Kier molecular flexibility index (Phi) is 3.82. The van der Waals surface area contributed by atoms with E-state index in [0.29, 0.717) is 5.82 Å². The molecule has 0 aliphatic heterocycles. The van der Waals surface area contributed by atoms with Gasteiger partial charge in [0.2, 0.25) is 0 Å². The predicted octanol–water partition coefficient (Wildman–Crippen LogP) is 4.53. The molecule has 4 rings (SSSR count). The monoisotopic (exact) mass is 344 g/mol. The van der Waals surface area contributed by atoms with E-state index in [-0.39, 0.29) is 17.2 Å². The van der Waals surface area contributed by atoms with Gasteiger partial charge in [0.1, 0.15) is 23.1 Å². The fourth-order valence-electron chi connectivity index (χ4n) is 2.79. The lowest BCUT2D eigenvalue weighted by molar-refractivity contribution is 0.475. The minimum absolute atomic E-state index is 0.189. The summed E-state index contributed by atoms with van der Waals surface area (Å²) in [5.74, 6) is 1.24. The molecule has 4 N–H and O–H groups in total. The molecule has 0 aliphatic carbocycles. The van der Waals surface area contributed by atoms with Crippen LogP contribution in [0.2, 0.25) is 0 Å². The second-order valence-electron chi connectivity index (χ2n) is 5.95. The summed E-state index contributed by atoms with van der Waals surface area (Å²) in [5, 5.41) is 28.6. The van der Waals surface area contributed by atoms with Crippen LogP contribution in [0.3, 0.4) is 0 Å². The van der Waals surface area contributed by atoms with Crippen molar-refractivity contribution in [2.75, 3.05) is 0 Å². The molecule has 5 heteroatoms. The summed E-state index contributed by atoms with van der Waals surface area (Å²) < 4.78 is 0. The summed E-state index contributed by atoms with van der Waals surface area (Å²) in [6.07, 6.45) is 0. The maximum Gasteiger partial charge on any atom is 0.138 e. The van der Waals surface area contributed by atoms with Crippen LogP contribution >= 0.6 is 0 Å². The van der Waals surface area contributed by atoms with E-state index in [4.69, 9.17) is 4.98 Å². The molecule has 26 heavy (non-hydrogen) atoms. The number of H-pyrrole nitrogens is 1. The first-order chi connectivity index (χ1) is 12.6. The molecule has 0 spiro atoms. The number of phenols is 3. The first-order valence-corrected chi connectivity index (χ1v) is 8.08. The molecular weight excluding hydrogens is 328 g/mol. The number of hydrogen-bond acceptors (Lipinski definition) is 4. The third-order valence-corrected chi connectivity index (χ3v) is 4.14. The molecule has 1 heterocycles. The van der Waals surface area contributed by atoms with Crippen LogP contribution in [0.15, 0.2) is 72.8 Å². The van der Waals surface area contributed by atoms with E-state index in [1.165, 1.54) is 0 Å². The Labute approximate surface area is 149 Å². The Morgan fingerprint density at radius 3 is 1.46 bits per heavy atom. The molecule has 0 aliphatic rings. The van der Waals surface area contributed by atoms with Crippen molar-refractivity contribution in [2.45, 2.75) is 0 Å². The molecule has 0 fully saturated rings. The van der Waals surface area contributed by atoms with E-state index >= 15 is 0 Å². The number of rotatable bonds is 3. The van der Waals surface area contributed by atoms with Gasteiger partial charge in [-0.3, -0.25) is 0 Å². The Balaban J connectivity index is 1.88. The molecule has 128 valence electrons. The average Bonchev–Trinajstić information content (AvgIpc) is 3.09. The number of aromatic nitrogens is 2. The predicted molar refractivity (Wildman–Crippen MR) is 99.9 cm³/mol. The zero-order chi connectivity index (χ0) is 18.1. The molecule has 0 bridgehead atoms. The van der Waals surface area contributed by atoms with E-state index in [9.17, 15) is 15.3 Å². The van der Waals surface area contributed by atoms with Crippen molar-refractivity contribution in [3.05, 3.63) is 72.8 Å². The lowest BCUT2D eigenvalue weighted by Crippen LogP contribution is -1.83. The highest BCUT2D eigenvalue weighted by molar-refractivity contribution is 5.81. The molecule has 0 amide bonds. The quantitative estimate of drug-likeness (QED) is 0.440. The van der Waals surface area contributed by atoms with Gasteiger partial charge in [-0.25, -0.2) is 4.98 Å². The number of imidazole rings is 1. The fourth-order valence-corrected chi connectivity index (χ4v) is 2.79. The first-order valence-electron chi connectivity index (χ1n) is 8.08. The van der Waals surface area contributed by atoms with Crippen LogP contribution in [0.5, 0.6) is 17.2 Å². The molecule has 0 radical (unpaired) electrons. The average molecular weight is 344 g/mol. The number of nitrogens with one attached hydrogen (secondary N) is 1. The number of aromatic amines is 1. The van der Waals surface area contributed by atoms with E-state index in [2.05, 4.69) is 4.98 Å². The second-order valence-corrected chi connectivity index (χ2v) is 5.95. The van der Waals surface area contributed by atoms with Crippen molar-refractivity contribution < 1.29 is 15.3 Å². The number of benzene rings is 3. The molecule has 0 saturated heterocycles. The molecular formula is C21H16N2O3. The van der Waals surface area contributed by atoms with E-state index in [1.54, 1.807) is 60.7 Å². The lowest BCUT2D eigenvalue weighted by Gasteiger charge is -2.04. The van der Waals surface area contributed by atoms with Crippen LogP contribution in [-0.4, -0.2) is 25.3 Å². The molecule has 0 saturated carbocycles. The van der Waals surface area contributed by atoms with Gasteiger partial charge in [-0.1, -0.05) is 0 Å². The highest BCUT2D eigenvalue weighted by atomic mass is 16.3. The largest absolute Gasteiger partial charge is 0.508 e. The zero-order valence-corrected chi connectivity index (χ0v) is 13.7. The van der Waals surface area contributed by atoms with Crippen LogP contribution in [0.25, 0.3) is 33.9 Å². The second kappa shape index (κ2) is 6.29. The molecule has 5 nitrogen and oxygen atoms in total.